The van der Waals surface area contributed by atoms with E-state index in [1.54, 1.807) is 6.92 Å². The number of carbonyl (C=O) groups is 1. The Labute approximate surface area is 145 Å². The molecule has 1 aliphatic heterocycles. The van der Waals surface area contributed by atoms with E-state index in [4.69, 9.17) is 0 Å². The second-order valence-electron chi connectivity index (χ2n) is 7.70. The first-order valence-corrected chi connectivity index (χ1v) is 10.4. The molecule has 0 spiro atoms. The van der Waals surface area contributed by atoms with Gasteiger partial charge in [0.2, 0.25) is 0 Å². The van der Waals surface area contributed by atoms with E-state index in [1.807, 2.05) is 0 Å². The smallest absolute Gasteiger partial charge is 0.146 e. The predicted molar refractivity (Wildman–Crippen MR) is 101 cm³/mol. The molecule has 0 aromatic heterocycles. The van der Waals surface area contributed by atoms with Crippen molar-refractivity contribution in [3.05, 3.63) is 0 Å². The first-order chi connectivity index (χ1) is 11.2. The molecule has 1 heterocycles. The van der Waals surface area contributed by atoms with Crippen LogP contribution < -0.4 is 0 Å². The molecule has 23 heavy (non-hydrogen) atoms. The van der Waals surface area contributed by atoms with E-state index in [2.05, 4.69) is 11.9 Å². The number of hydrogen-bond acceptors (Lipinski definition) is 2. The van der Waals surface area contributed by atoms with Gasteiger partial charge in [-0.25, -0.2) is 0 Å². The van der Waals surface area contributed by atoms with E-state index in [0.717, 1.165) is 13.0 Å². The fraction of sp³-hybridized carbons (Fsp3) is 0.952. The van der Waals surface area contributed by atoms with Crippen LogP contribution in [0.4, 0.5) is 0 Å². The molecular formula is C21H41NO. The number of ketones is 1. The van der Waals surface area contributed by atoms with Gasteiger partial charge in [-0.05, 0) is 33.4 Å². The van der Waals surface area contributed by atoms with E-state index in [1.165, 1.54) is 96.3 Å². The number of carbonyl (C=O) groups excluding carboxylic acids is 1. The molecule has 0 bridgehead atoms. The van der Waals surface area contributed by atoms with Crippen LogP contribution in [-0.2, 0) is 4.79 Å². The van der Waals surface area contributed by atoms with Crippen LogP contribution in [0.15, 0.2) is 0 Å². The Morgan fingerprint density at radius 2 is 1.00 bits per heavy atom. The molecule has 0 aliphatic carbocycles. The van der Waals surface area contributed by atoms with Gasteiger partial charge in [-0.2, -0.15) is 0 Å². The van der Waals surface area contributed by atoms with Crippen molar-refractivity contribution in [3.8, 4) is 0 Å². The van der Waals surface area contributed by atoms with Crippen molar-refractivity contribution in [3.63, 3.8) is 0 Å². The summed E-state index contributed by atoms with van der Waals surface area (Å²) < 4.78 is 0. The molecule has 0 amide bonds. The van der Waals surface area contributed by atoms with Crippen LogP contribution in [0, 0.1) is 0 Å². The predicted octanol–water partition coefficient (Wildman–Crippen LogP) is 6.13. The highest BCUT2D eigenvalue weighted by atomic mass is 16.1. The van der Waals surface area contributed by atoms with Gasteiger partial charge >= 0.3 is 0 Å². The summed E-state index contributed by atoms with van der Waals surface area (Å²) in [6, 6.07) is 0.164. The first-order valence-electron chi connectivity index (χ1n) is 10.4. The average Bonchev–Trinajstić information content (AvgIpc) is 2.52. The molecule has 1 atom stereocenters. The third-order valence-corrected chi connectivity index (χ3v) is 5.49. The fourth-order valence-corrected chi connectivity index (χ4v) is 3.89. The van der Waals surface area contributed by atoms with Crippen LogP contribution in [0.3, 0.4) is 0 Å². The van der Waals surface area contributed by atoms with Crippen molar-refractivity contribution < 1.29 is 4.79 Å². The van der Waals surface area contributed by atoms with Gasteiger partial charge < -0.3 is 0 Å². The van der Waals surface area contributed by atoms with Crippen molar-refractivity contribution in [2.75, 3.05) is 13.6 Å². The molecule has 0 aromatic rings. The molecule has 1 fully saturated rings. The maximum Gasteiger partial charge on any atom is 0.146 e. The van der Waals surface area contributed by atoms with Gasteiger partial charge in [0.15, 0.2) is 0 Å². The summed E-state index contributed by atoms with van der Waals surface area (Å²) in [5.74, 6) is 0.360. The molecule has 136 valence electrons. The topological polar surface area (TPSA) is 20.3 Å². The van der Waals surface area contributed by atoms with Crippen molar-refractivity contribution in [1.82, 2.24) is 4.90 Å². The third kappa shape index (κ3) is 10.9. The van der Waals surface area contributed by atoms with Crippen LogP contribution in [0.5, 0.6) is 0 Å². The average molecular weight is 324 g/mol. The van der Waals surface area contributed by atoms with Gasteiger partial charge in [0.25, 0.3) is 0 Å². The largest absolute Gasteiger partial charge is 0.298 e. The Kier molecular flexibility index (Phi) is 12.6. The quantitative estimate of drug-likeness (QED) is 0.578. The van der Waals surface area contributed by atoms with Gasteiger partial charge in [0.1, 0.15) is 5.78 Å². The van der Waals surface area contributed by atoms with E-state index in [-0.39, 0.29) is 6.04 Å². The maximum atomic E-state index is 11.9. The monoisotopic (exact) mass is 323 g/mol. The highest BCUT2D eigenvalue weighted by Crippen LogP contribution is 2.16. The lowest BCUT2D eigenvalue weighted by atomic mass is 10.0. The summed E-state index contributed by atoms with van der Waals surface area (Å²) in [4.78, 5) is 14.2. The lowest BCUT2D eigenvalue weighted by molar-refractivity contribution is -0.122. The summed E-state index contributed by atoms with van der Waals surface area (Å²) in [7, 11) is 2.15. The first kappa shape index (κ1) is 20.7. The molecule has 2 nitrogen and oxygen atoms in total. The Morgan fingerprint density at radius 1 is 0.652 bits per heavy atom. The lowest BCUT2D eigenvalue weighted by Gasteiger charge is -2.26. The standard InChI is InChI=1S/C21H41NO/c1-20(23)21-18-16-14-12-10-8-6-4-3-5-7-9-11-13-15-17-19-22(21)2/h21H,3-19H2,1-2H3. The Morgan fingerprint density at radius 3 is 1.39 bits per heavy atom. The molecule has 1 saturated heterocycles. The normalized spacial score (nSPS) is 25.9. The summed E-state index contributed by atoms with van der Waals surface area (Å²) in [5, 5.41) is 0. The number of likely N-dealkylation sites (N-methyl/N-ethyl adjacent to an activating group) is 1. The SMILES string of the molecule is CC(=O)C1CCCCCCCCCCCCCCCCCN1C. The zero-order valence-electron chi connectivity index (χ0n) is 16.0. The van der Waals surface area contributed by atoms with Gasteiger partial charge in [-0.15, -0.1) is 0 Å². The summed E-state index contributed by atoms with van der Waals surface area (Å²) in [6.45, 7) is 2.86. The summed E-state index contributed by atoms with van der Waals surface area (Å²) in [5.41, 5.74) is 0. The highest BCUT2D eigenvalue weighted by molar-refractivity contribution is 5.81. The maximum absolute atomic E-state index is 11.9. The minimum Gasteiger partial charge on any atom is -0.298 e. The molecule has 1 unspecified atom stereocenters. The fourth-order valence-electron chi connectivity index (χ4n) is 3.89. The summed E-state index contributed by atoms with van der Waals surface area (Å²) in [6.07, 6.45) is 21.7. The third-order valence-electron chi connectivity index (χ3n) is 5.49. The zero-order valence-corrected chi connectivity index (χ0v) is 16.0. The van der Waals surface area contributed by atoms with Crippen LogP contribution in [0.1, 0.15) is 110 Å². The molecule has 2 heteroatoms. The van der Waals surface area contributed by atoms with Gasteiger partial charge in [-0.1, -0.05) is 89.9 Å². The molecular weight excluding hydrogens is 282 g/mol. The number of nitrogens with zero attached hydrogens (tertiary/aromatic N) is 1. The van der Waals surface area contributed by atoms with Crippen molar-refractivity contribution in [2.24, 2.45) is 0 Å². The minimum absolute atomic E-state index is 0.164. The number of rotatable bonds is 1. The van der Waals surface area contributed by atoms with E-state index in [0.29, 0.717) is 5.78 Å². The number of hydrogen-bond donors (Lipinski definition) is 0. The second kappa shape index (κ2) is 14.0. The Hall–Kier alpha value is -0.370. The van der Waals surface area contributed by atoms with E-state index in [9.17, 15) is 4.79 Å². The van der Waals surface area contributed by atoms with Crippen LogP contribution in [0.2, 0.25) is 0 Å². The van der Waals surface area contributed by atoms with Crippen molar-refractivity contribution in [1.29, 1.82) is 0 Å². The minimum atomic E-state index is 0.164. The van der Waals surface area contributed by atoms with Crippen LogP contribution in [0.25, 0.3) is 0 Å². The van der Waals surface area contributed by atoms with E-state index >= 15 is 0 Å². The number of Topliss-reactive ketones (excluding diaryl/α,β-unsaturated/α-hetero) is 1. The van der Waals surface area contributed by atoms with Gasteiger partial charge in [-0.3, -0.25) is 9.69 Å². The zero-order chi connectivity index (χ0) is 16.8. The van der Waals surface area contributed by atoms with Gasteiger partial charge in [0, 0.05) is 0 Å². The van der Waals surface area contributed by atoms with Crippen molar-refractivity contribution in [2.45, 2.75) is 116 Å². The van der Waals surface area contributed by atoms with Gasteiger partial charge in [0.05, 0.1) is 6.04 Å². The Bertz CT molecular complexity index is 290. The molecule has 0 saturated carbocycles. The highest BCUT2D eigenvalue weighted by Gasteiger charge is 2.18. The van der Waals surface area contributed by atoms with Crippen molar-refractivity contribution >= 4 is 5.78 Å². The Balaban J connectivity index is 2.33. The molecule has 0 aromatic carbocycles. The van der Waals surface area contributed by atoms with Crippen LogP contribution >= 0.6 is 0 Å². The molecule has 0 radical (unpaired) electrons. The summed E-state index contributed by atoms with van der Waals surface area (Å²) >= 11 is 0. The lowest BCUT2D eigenvalue weighted by Crippen LogP contribution is -2.37. The molecule has 1 aliphatic rings. The van der Waals surface area contributed by atoms with Crippen LogP contribution in [-0.4, -0.2) is 30.3 Å². The molecule has 1 rings (SSSR count). The van der Waals surface area contributed by atoms with E-state index < -0.39 is 0 Å². The second-order valence-corrected chi connectivity index (χ2v) is 7.70. The molecule has 0 N–H and O–H groups in total.